The first kappa shape index (κ1) is 9.89. The predicted molar refractivity (Wildman–Crippen MR) is 49.8 cm³/mol. The van der Waals surface area contributed by atoms with Crippen LogP contribution in [0.5, 0.6) is 0 Å². The van der Waals surface area contributed by atoms with Crippen molar-refractivity contribution in [2.75, 3.05) is 45.9 Å². The average Bonchev–Trinajstić information content (AvgIpc) is 2.17. The number of aliphatic hydroxyl groups excluding tert-OH is 1. The minimum absolute atomic E-state index is 0.153. The first-order chi connectivity index (χ1) is 6.75. The predicted octanol–water partition coefficient (Wildman–Crippen LogP) is -1.48. The van der Waals surface area contributed by atoms with E-state index < -0.39 is 0 Å². The van der Waals surface area contributed by atoms with Crippen molar-refractivity contribution in [3.8, 4) is 0 Å². The fraction of sp³-hybridized carbons (Fsp3) is 0.889. The van der Waals surface area contributed by atoms with Gasteiger partial charge in [-0.15, -0.1) is 0 Å². The van der Waals surface area contributed by atoms with Crippen LogP contribution in [0.3, 0.4) is 0 Å². The van der Waals surface area contributed by atoms with E-state index in [1.807, 2.05) is 9.80 Å². The molecule has 1 N–H and O–H groups in total. The number of β-amino-alcohol motifs (C(OH)–C–C–N with tert-alkyl or cyclic N) is 1. The summed E-state index contributed by atoms with van der Waals surface area (Å²) in [4.78, 5) is 15.4. The summed E-state index contributed by atoms with van der Waals surface area (Å²) in [5.41, 5.74) is 0. The van der Waals surface area contributed by atoms with Crippen molar-refractivity contribution in [2.24, 2.45) is 0 Å². The summed E-state index contributed by atoms with van der Waals surface area (Å²) in [6.07, 6.45) is -0.229. The summed E-state index contributed by atoms with van der Waals surface area (Å²) < 4.78 is 5.16. The highest BCUT2D eigenvalue weighted by Crippen LogP contribution is 2.07. The molecule has 0 aliphatic carbocycles. The fourth-order valence-electron chi connectivity index (χ4n) is 1.78. The van der Waals surface area contributed by atoms with Crippen LogP contribution < -0.4 is 0 Å². The van der Waals surface area contributed by atoms with Gasteiger partial charge in [-0.05, 0) is 0 Å². The quantitative estimate of drug-likeness (QED) is 0.591. The number of amides is 1. The van der Waals surface area contributed by atoms with Crippen LogP contribution in [-0.4, -0.2) is 72.9 Å². The number of rotatable bonds is 2. The summed E-state index contributed by atoms with van der Waals surface area (Å²) in [6, 6.07) is 0. The number of morpholine rings is 1. The monoisotopic (exact) mass is 200 g/mol. The Balaban J connectivity index is 1.71. The third-order valence-electron chi connectivity index (χ3n) is 2.66. The van der Waals surface area contributed by atoms with Crippen LogP contribution in [0, 0.1) is 0 Å². The molecule has 2 heterocycles. The van der Waals surface area contributed by atoms with Crippen molar-refractivity contribution < 1.29 is 14.6 Å². The summed E-state index contributed by atoms with van der Waals surface area (Å²) in [6.45, 7) is 4.41. The minimum atomic E-state index is -0.229. The number of ether oxygens (including phenoxy) is 1. The largest absolute Gasteiger partial charge is 0.390 e. The van der Waals surface area contributed by atoms with Gasteiger partial charge in [0.15, 0.2) is 0 Å². The Labute approximate surface area is 83.2 Å². The summed E-state index contributed by atoms with van der Waals surface area (Å²) in [7, 11) is 0. The molecule has 2 fully saturated rings. The molecule has 0 radical (unpaired) electrons. The normalized spacial score (nSPS) is 24.8. The van der Waals surface area contributed by atoms with Gasteiger partial charge in [-0.25, -0.2) is 0 Å². The SMILES string of the molecule is O=C(CN1CC(O)C1)N1CCOCC1. The van der Waals surface area contributed by atoms with Gasteiger partial charge in [0.2, 0.25) is 5.91 Å². The Hall–Kier alpha value is -0.650. The van der Waals surface area contributed by atoms with Crippen molar-refractivity contribution in [3.63, 3.8) is 0 Å². The minimum Gasteiger partial charge on any atom is -0.390 e. The van der Waals surface area contributed by atoms with Crippen LogP contribution in [0.1, 0.15) is 0 Å². The second-order valence-electron chi connectivity index (χ2n) is 3.84. The molecule has 1 amide bonds. The second-order valence-corrected chi connectivity index (χ2v) is 3.84. The maximum absolute atomic E-state index is 11.7. The van der Waals surface area contributed by atoms with Crippen LogP contribution >= 0.6 is 0 Å². The van der Waals surface area contributed by atoms with Gasteiger partial charge in [0.1, 0.15) is 0 Å². The highest BCUT2D eigenvalue weighted by Gasteiger charge is 2.28. The summed E-state index contributed by atoms with van der Waals surface area (Å²) in [5, 5.41) is 9.05. The number of carbonyl (C=O) groups is 1. The molecule has 2 rings (SSSR count). The molecule has 0 aromatic carbocycles. The number of carbonyl (C=O) groups excluding carboxylic acids is 1. The smallest absolute Gasteiger partial charge is 0.236 e. The van der Waals surface area contributed by atoms with Crippen LogP contribution in [0.2, 0.25) is 0 Å². The molecule has 2 saturated heterocycles. The molecule has 0 saturated carbocycles. The molecule has 0 bridgehead atoms. The Morgan fingerprint density at radius 1 is 1.36 bits per heavy atom. The second kappa shape index (κ2) is 4.25. The van der Waals surface area contributed by atoms with Crippen molar-refractivity contribution in [1.29, 1.82) is 0 Å². The molecule has 2 aliphatic rings. The van der Waals surface area contributed by atoms with E-state index in [1.54, 1.807) is 0 Å². The third kappa shape index (κ3) is 2.23. The van der Waals surface area contributed by atoms with Crippen molar-refractivity contribution in [3.05, 3.63) is 0 Å². The van der Waals surface area contributed by atoms with Crippen molar-refractivity contribution in [1.82, 2.24) is 9.80 Å². The first-order valence-electron chi connectivity index (χ1n) is 5.01. The standard InChI is InChI=1S/C9H16N2O3/c12-8-5-10(6-8)7-9(13)11-1-3-14-4-2-11/h8,12H,1-7H2. The highest BCUT2D eigenvalue weighted by atomic mass is 16.5. The zero-order valence-electron chi connectivity index (χ0n) is 8.19. The number of nitrogens with zero attached hydrogens (tertiary/aromatic N) is 2. The van der Waals surface area contributed by atoms with E-state index in [1.165, 1.54) is 0 Å². The molecule has 2 aliphatic heterocycles. The lowest BCUT2D eigenvalue weighted by Gasteiger charge is -2.37. The Morgan fingerprint density at radius 2 is 2.00 bits per heavy atom. The molecule has 0 unspecified atom stereocenters. The Kier molecular flexibility index (Phi) is 3.00. The zero-order chi connectivity index (χ0) is 9.97. The van der Waals surface area contributed by atoms with Crippen molar-refractivity contribution >= 4 is 5.91 Å². The molecule has 0 aromatic rings. The molecule has 0 atom stereocenters. The molecule has 14 heavy (non-hydrogen) atoms. The maximum atomic E-state index is 11.7. The summed E-state index contributed by atoms with van der Waals surface area (Å²) in [5.74, 6) is 0.153. The Bertz CT molecular complexity index is 210. The van der Waals surface area contributed by atoms with E-state index in [4.69, 9.17) is 9.84 Å². The molecular weight excluding hydrogens is 184 g/mol. The van der Waals surface area contributed by atoms with E-state index in [0.717, 1.165) is 0 Å². The van der Waals surface area contributed by atoms with Crippen LogP contribution in [0.4, 0.5) is 0 Å². The van der Waals surface area contributed by atoms with Gasteiger partial charge >= 0.3 is 0 Å². The first-order valence-corrected chi connectivity index (χ1v) is 5.01. The van der Waals surface area contributed by atoms with Gasteiger partial charge < -0.3 is 14.7 Å². The molecule has 5 heteroatoms. The van der Waals surface area contributed by atoms with E-state index >= 15 is 0 Å². The van der Waals surface area contributed by atoms with Gasteiger partial charge in [0.05, 0.1) is 25.9 Å². The average molecular weight is 200 g/mol. The number of likely N-dealkylation sites (tertiary alicyclic amines) is 1. The molecule has 80 valence electrons. The molecular formula is C9H16N2O3. The third-order valence-corrected chi connectivity index (χ3v) is 2.66. The van der Waals surface area contributed by atoms with E-state index in [-0.39, 0.29) is 12.0 Å². The number of hydrogen-bond donors (Lipinski definition) is 1. The van der Waals surface area contributed by atoms with Gasteiger partial charge in [-0.1, -0.05) is 0 Å². The lowest BCUT2D eigenvalue weighted by Crippen LogP contribution is -2.55. The van der Waals surface area contributed by atoms with Gasteiger partial charge in [-0.3, -0.25) is 9.69 Å². The zero-order valence-corrected chi connectivity index (χ0v) is 8.19. The number of hydrogen-bond acceptors (Lipinski definition) is 4. The summed E-state index contributed by atoms with van der Waals surface area (Å²) >= 11 is 0. The highest BCUT2D eigenvalue weighted by molar-refractivity contribution is 5.78. The molecule has 0 spiro atoms. The topological polar surface area (TPSA) is 53.0 Å². The Morgan fingerprint density at radius 3 is 2.57 bits per heavy atom. The fourth-order valence-corrected chi connectivity index (χ4v) is 1.78. The van der Waals surface area contributed by atoms with Gasteiger partial charge in [0.25, 0.3) is 0 Å². The van der Waals surface area contributed by atoms with E-state index in [2.05, 4.69) is 0 Å². The maximum Gasteiger partial charge on any atom is 0.236 e. The van der Waals surface area contributed by atoms with Gasteiger partial charge in [0, 0.05) is 26.2 Å². The lowest BCUT2D eigenvalue weighted by atomic mass is 10.2. The van der Waals surface area contributed by atoms with Crippen LogP contribution in [0.25, 0.3) is 0 Å². The lowest BCUT2D eigenvalue weighted by molar-refractivity contribution is -0.139. The molecule has 5 nitrogen and oxygen atoms in total. The van der Waals surface area contributed by atoms with Crippen molar-refractivity contribution in [2.45, 2.75) is 6.10 Å². The van der Waals surface area contributed by atoms with E-state index in [0.29, 0.717) is 45.9 Å². The number of aliphatic hydroxyl groups is 1. The van der Waals surface area contributed by atoms with Gasteiger partial charge in [-0.2, -0.15) is 0 Å². The van der Waals surface area contributed by atoms with Crippen LogP contribution in [-0.2, 0) is 9.53 Å². The van der Waals surface area contributed by atoms with E-state index in [9.17, 15) is 4.79 Å². The molecule has 0 aromatic heterocycles. The van der Waals surface area contributed by atoms with Crippen LogP contribution in [0.15, 0.2) is 0 Å².